The van der Waals surface area contributed by atoms with E-state index in [0.29, 0.717) is 0 Å². The van der Waals surface area contributed by atoms with Gasteiger partial charge in [0.2, 0.25) is 0 Å². The van der Waals surface area contributed by atoms with Crippen molar-refractivity contribution in [3.63, 3.8) is 0 Å². The molecule has 4 nitrogen and oxygen atoms in total. The lowest BCUT2D eigenvalue weighted by atomic mass is 10.0. The summed E-state index contributed by atoms with van der Waals surface area (Å²) in [6.45, 7) is 10.7. The summed E-state index contributed by atoms with van der Waals surface area (Å²) in [6.07, 6.45) is 4.09. The van der Waals surface area contributed by atoms with Crippen LogP contribution in [-0.4, -0.2) is 35.0 Å². The van der Waals surface area contributed by atoms with E-state index in [9.17, 15) is 0 Å². The van der Waals surface area contributed by atoms with Crippen LogP contribution in [0.1, 0.15) is 20.8 Å². The van der Waals surface area contributed by atoms with Gasteiger partial charge in [-0.2, -0.15) is 5.10 Å². The van der Waals surface area contributed by atoms with Crippen LogP contribution in [0.15, 0.2) is 12.4 Å². The van der Waals surface area contributed by atoms with Gasteiger partial charge < -0.3 is 10.2 Å². The predicted molar refractivity (Wildman–Crippen MR) is 62.2 cm³/mol. The summed E-state index contributed by atoms with van der Waals surface area (Å²) in [7, 11) is 0. The molecule has 1 aliphatic heterocycles. The van der Waals surface area contributed by atoms with Gasteiger partial charge in [0, 0.05) is 37.9 Å². The summed E-state index contributed by atoms with van der Waals surface area (Å²) < 4.78 is 1.98. The summed E-state index contributed by atoms with van der Waals surface area (Å²) in [6, 6.07) is 0. The summed E-state index contributed by atoms with van der Waals surface area (Å²) in [5, 5.41) is 7.82. The van der Waals surface area contributed by atoms with Gasteiger partial charge in [0.05, 0.1) is 11.9 Å². The highest BCUT2D eigenvalue weighted by Crippen LogP contribution is 2.18. The molecule has 1 aromatic rings. The van der Waals surface area contributed by atoms with Gasteiger partial charge in [-0.05, 0) is 20.8 Å². The van der Waals surface area contributed by atoms with Gasteiger partial charge in [-0.15, -0.1) is 0 Å². The fourth-order valence-corrected chi connectivity index (χ4v) is 2.05. The van der Waals surface area contributed by atoms with Crippen molar-refractivity contribution in [2.45, 2.75) is 32.9 Å². The third-order valence-corrected chi connectivity index (χ3v) is 2.88. The number of nitrogens with one attached hydrogen (secondary N) is 1. The van der Waals surface area contributed by atoms with Crippen molar-refractivity contribution in [2.75, 3.05) is 24.5 Å². The summed E-state index contributed by atoms with van der Waals surface area (Å²) in [5.41, 5.74) is 1.44. The zero-order valence-electron chi connectivity index (χ0n) is 9.82. The van der Waals surface area contributed by atoms with E-state index in [0.717, 1.165) is 26.2 Å². The van der Waals surface area contributed by atoms with E-state index in [-0.39, 0.29) is 5.54 Å². The Kier molecular flexibility index (Phi) is 2.69. The zero-order valence-corrected chi connectivity index (χ0v) is 9.82. The molecule has 0 unspecified atom stereocenters. The molecule has 0 saturated carbocycles. The standard InChI is InChI=1S/C11H20N4/c1-4-15-8-10(7-13-15)14-6-5-12-11(2,3)9-14/h7-8,12H,4-6,9H2,1-3H3. The molecule has 0 aliphatic carbocycles. The maximum atomic E-state index is 4.31. The van der Waals surface area contributed by atoms with E-state index < -0.39 is 0 Å². The predicted octanol–water partition coefficient (Wildman–Crippen LogP) is 1.09. The molecule has 15 heavy (non-hydrogen) atoms. The molecule has 0 bridgehead atoms. The van der Waals surface area contributed by atoms with E-state index in [2.05, 4.69) is 42.3 Å². The molecular weight excluding hydrogens is 188 g/mol. The molecule has 84 valence electrons. The third-order valence-electron chi connectivity index (χ3n) is 2.88. The second-order valence-corrected chi connectivity index (χ2v) is 4.79. The van der Waals surface area contributed by atoms with Crippen molar-refractivity contribution in [3.05, 3.63) is 12.4 Å². The molecule has 1 aliphatic rings. The number of rotatable bonds is 2. The Morgan fingerprint density at radius 3 is 2.93 bits per heavy atom. The molecule has 0 atom stereocenters. The van der Waals surface area contributed by atoms with Crippen molar-refractivity contribution in [2.24, 2.45) is 0 Å². The Bertz CT molecular complexity index is 329. The van der Waals surface area contributed by atoms with Crippen molar-refractivity contribution in [1.82, 2.24) is 15.1 Å². The first kappa shape index (κ1) is 10.5. The molecule has 0 amide bonds. The first-order valence-electron chi connectivity index (χ1n) is 5.63. The Balaban J connectivity index is 2.10. The topological polar surface area (TPSA) is 33.1 Å². The van der Waals surface area contributed by atoms with Gasteiger partial charge in [-0.1, -0.05) is 0 Å². The SMILES string of the molecule is CCn1cc(N2CCNC(C)(C)C2)cn1. The second-order valence-electron chi connectivity index (χ2n) is 4.79. The molecule has 4 heteroatoms. The van der Waals surface area contributed by atoms with Gasteiger partial charge in [0.15, 0.2) is 0 Å². The highest BCUT2D eigenvalue weighted by atomic mass is 15.3. The van der Waals surface area contributed by atoms with Crippen molar-refractivity contribution < 1.29 is 0 Å². The lowest BCUT2D eigenvalue weighted by molar-refractivity contribution is 0.353. The van der Waals surface area contributed by atoms with Gasteiger partial charge >= 0.3 is 0 Å². The Hall–Kier alpha value is -1.03. The Labute approximate surface area is 91.3 Å². The van der Waals surface area contributed by atoms with E-state index in [1.165, 1.54) is 5.69 Å². The number of hydrogen-bond acceptors (Lipinski definition) is 3. The molecule has 0 aromatic carbocycles. The maximum absolute atomic E-state index is 4.31. The average molecular weight is 208 g/mol. The lowest BCUT2D eigenvalue weighted by Crippen LogP contribution is -2.57. The average Bonchev–Trinajstić information content (AvgIpc) is 2.64. The van der Waals surface area contributed by atoms with Gasteiger partial charge in [0.25, 0.3) is 0 Å². The molecular formula is C11H20N4. The molecule has 2 rings (SSSR count). The highest BCUT2D eigenvalue weighted by Gasteiger charge is 2.26. The monoisotopic (exact) mass is 208 g/mol. The van der Waals surface area contributed by atoms with Crippen LogP contribution in [0.25, 0.3) is 0 Å². The molecule has 0 spiro atoms. The van der Waals surface area contributed by atoms with E-state index >= 15 is 0 Å². The Morgan fingerprint density at radius 1 is 1.53 bits per heavy atom. The van der Waals surface area contributed by atoms with Crippen LogP contribution in [0.3, 0.4) is 0 Å². The normalized spacial score (nSPS) is 20.6. The van der Waals surface area contributed by atoms with E-state index in [4.69, 9.17) is 0 Å². The van der Waals surface area contributed by atoms with Crippen LogP contribution < -0.4 is 10.2 Å². The largest absolute Gasteiger partial charge is 0.366 e. The summed E-state index contributed by atoms with van der Waals surface area (Å²) in [5.74, 6) is 0. The van der Waals surface area contributed by atoms with Crippen molar-refractivity contribution in [3.8, 4) is 0 Å². The number of aromatic nitrogens is 2. The quantitative estimate of drug-likeness (QED) is 0.790. The first-order valence-corrected chi connectivity index (χ1v) is 5.63. The molecule has 1 saturated heterocycles. The smallest absolute Gasteiger partial charge is 0.0753 e. The number of piperazine rings is 1. The van der Waals surface area contributed by atoms with Crippen LogP contribution in [0.4, 0.5) is 5.69 Å². The second kappa shape index (κ2) is 3.85. The maximum Gasteiger partial charge on any atom is 0.0753 e. The van der Waals surface area contributed by atoms with E-state index in [1.54, 1.807) is 0 Å². The fraction of sp³-hybridized carbons (Fsp3) is 0.727. The first-order chi connectivity index (χ1) is 7.11. The minimum Gasteiger partial charge on any atom is -0.366 e. The number of hydrogen-bond donors (Lipinski definition) is 1. The van der Waals surface area contributed by atoms with E-state index in [1.807, 2.05) is 10.9 Å². The van der Waals surface area contributed by atoms with Crippen LogP contribution in [-0.2, 0) is 6.54 Å². The number of aryl methyl sites for hydroxylation is 1. The minimum absolute atomic E-state index is 0.201. The summed E-state index contributed by atoms with van der Waals surface area (Å²) in [4.78, 5) is 2.40. The molecule has 1 N–H and O–H groups in total. The van der Waals surface area contributed by atoms with Crippen LogP contribution in [0.5, 0.6) is 0 Å². The number of nitrogens with zero attached hydrogens (tertiary/aromatic N) is 3. The molecule has 1 aromatic heterocycles. The van der Waals surface area contributed by atoms with Gasteiger partial charge in [0.1, 0.15) is 0 Å². The van der Waals surface area contributed by atoms with Crippen molar-refractivity contribution >= 4 is 5.69 Å². The molecule has 1 fully saturated rings. The third kappa shape index (κ3) is 2.31. The van der Waals surface area contributed by atoms with Crippen LogP contribution in [0, 0.1) is 0 Å². The minimum atomic E-state index is 0.201. The summed E-state index contributed by atoms with van der Waals surface area (Å²) >= 11 is 0. The molecule has 0 radical (unpaired) electrons. The fourth-order valence-electron chi connectivity index (χ4n) is 2.05. The van der Waals surface area contributed by atoms with Crippen LogP contribution in [0.2, 0.25) is 0 Å². The lowest BCUT2D eigenvalue weighted by Gasteiger charge is -2.39. The number of anilines is 1. The molecule has 2 heterocycles. The van der Waals surface area contributed by atoms with Gasteiger partial charge in [-0.3, -0.25) is 4.68 Å². The highest BCUT2D eigenvalue weighted by molar-refractivity contribution is 5.43. The van der Waals surface area contributed by atoms with Crippen LogP contribution >= 0.6 is 0 Å². The van der Waals surface area contributed by atoms with Crippen molar-refractivity contribution in [1.29, 1.82) is 0 Å². The Morgan fingerprint density at radius 2 is 2.33 bits per heavy atom. The van der Waals surface area contributed by atoms with Gasteiger partial charge in [-0.25, -0.2) is 0 Å². The zero-order chi connectivity index (χ0) is 10.9.